The number of rotatable bonds is 8. The Morgan fingerprint density at radius 2 is 1.38 bits per heavy atom. The summed E-state index contributed by atoms with van der Waals surface area (Å²) in [5.74, 6) is 3.99. The third kappa shape index (κ3) is 4.92. The number of benzene rings is 3. The Labute approximate surface area is 213 Å². The smallest absolute Gasteiger partial charge is 0.261 e. The lowest BCUT2D eigenvalue weighted by atomic mass is 10.1. The van der Waals surface area contributed by atoms with E-state index in [1.54, 1.807) is 14.2 Å². The number of methoxy groups -OCH3 is 2. The summed E-state index contributed by atoms with van der Waals surface area (Å²) in [5.41, 5.74) is 2.38. The van der Waals surface area contributed by atoms with Gasteiger partial charge >= 0.3 is 0 Å². The van der Waals surface area contributed by atoms with E-state index in [1.165, 1.54) is 15.9 Å². The van der Waals surface area contributed by atoms with Gasteiger partial charge in [0, 0.05) is 23.1 Å². The van der Waals surface area contributed by atoms with Gasteiger partial charge in [-0.05, 0) is 27.0 Å². The Kier molecular flexibility index (Phi) is 8.03. The van der Waals surface area contributed by atoms with Crippen LogP contribution in [0.1, 0.15) is 36.5 Å². The molecule has 1 heterocycles. The van der Waals surface area contributed by atoms with Gasteiger partial charge < -0.3 is 13.9 Å². The van der Waals surface area contributed by atoms with Crippen LogP contribution in [0.25, 0.3) is 0 Å². The van der Waals surface area contributed by atoms with E-state index >= 15 is 0 Å². The monoisotopic (exact) mass is 510 g/mol. The minimum Gasteiger partial charge on any atom is -0.497 e. The summed E-state index contributed by atoms with van der Waals surface area (Å²) in [7, 11) is 0.809. The molecule has 1 fully saturated rings. The highest BCUT2D eigenvalue weighted by atomic mass is 32.2. The van der Waals surface area contributed by atoms with Crippen molar-refractivity contribution in [2.24, 2.45) is 0 Å². The molecule has 180 valence electrons. The van der Waals surface area contributed by atoms with Gasteiger partial charge in [-0.3, -0.25) is 0 Å². The maximum absolute atomic E-state index is 7.26. The highest BCUT2D eigenvalue weighted by Crippen LogP contribution is 2.51. The Balaban J connectivity index is 1.84. The molecule has 0 atom stereocenters. The third-order valence-corrected chi connectivity index (χ3v) is 14.4. The van der Waals surface area contributed by atoms with E-state index in [0.717, 1.165) is 28.6 Å². The Morgan fingerprint density at radius 3 is 1.85 bits per heavy atom. The minimum absolute atomic E-state index is 0.0737. The maximum Gasteiger partial charge on any atom is 0.261 e. The van der Waals surface area contributed by atoms with Crippen LogP contribution in [0.15, 0.2) is 72.8 Å². The van der Waals surface area contributed by atoms with Crippen LogP contribution in [0.3, 0.4) is 0 Å². The van der Waals surface area contributed by atoms with Crippen molar-refractivity contribution in [1.82, 2.24) is 0 Å². The summed E-state index contributed by atoms with van der Waals surface area (Å²) in [6.07, 6.45) is 0. The number of hydrogen-bond donors (Lipinski definition) is 0. The van der Waals surface area contributed by atoms with E-state index in [1.807, 2.05) is 29.6 Å². The normalized spacial score (nSPS) is 14.9. The fraction of sp³-hybridized carbons (Fsp3) is 0.357. The summed E-state index contributed by atoms with van der Waals surface area (Å²) < 4.78 is 19.1. The Morgan fingerprint density at radius 1 is 0.824 bits per heavy atom. The van der Waals surface area contributed by atoms with Crippen LogP contribution in [-0.2, 0) is 11.0 Å². The lowest BCUT2D eigenvalue weighted by Gasteiger charge is -2.43. The average molecular weight is 511 g/mol. The summed E-state index contributed by atoms with van der Waals surface area (Å²) in [4.78, 5) is 0. The standard InChI is InChI=1S/C28H34O3S2Si/c1-28(2,3)34(23-12-8-6-9-13-23,24-14-10-7-11-15-24)31-20-21-18-22(29-4)19-25(30-5)26(21)27-32-16-17-33-27/h6-15,18-19,27H,16-17,20H2,1-5H3. The van der Waals surface area contributed by atoms with Gasteiger partial charge in [0.25, 0.3) is 8.32 Å². The first-order valence-electron chi connectivity index (χ1n) is 11.6. The topological polar surface area (TPSA) is 27.7 Å². The van der Waals surface area contributed by atoms with Crippen molar-refractivity contribution in [3.8, 4) is 11.5 Å². The molecule has 0 unspecified atom stereocenters. The van der Waals surface area contributed by atoms with Crippen LogP contribution < -0.4 is 19.8 Å². The molecule has 3 aromatic rings. The SMILES string of the molecule is COc1cc(CO[Si](c2ccccc2)(c2ccccc2)C(C)(C)C)c(C2SCCS2)c(OC)c1. The second kappa shape index (κ2) is 10.8. The van der Waals surface area contributed by atoms with Crippen LogP contribution in [0.5, 0.6) is 11.5 Å². The molecule has 0 amide bonds. The highest BCUT2D eigenvalue weighted by molar-refractivity contribution is 8.19. The predicted molar refractivity (Wildman–Crippen MR) is 150 cm³/mol. The van der Waals surface area contributed by atoms with Crippen molar-refractivity contribution in [3.63, 3.8) is 0 Å². The van der Waals surface area contributed by atoms with Crippen LogP contribution in [0.2, 0.25) is 5.04 Å². The zero-order valence-corrected chi connectivity index (χ0v) is 23.3. The van der Waals surface area contributed by atoms with Gasteiger partial charge in [-0.25, -0.2) is 0 Å². The molecule has 0 aliphatic carbocycles. The van der Waals surface area contributed by atoms with Crippen LogP contribution in [0, 0.1) is 0 Å². The highest BCUT2D eigenvalue weighted by Gasteiger charge is 2.50. The molecular formula is C28H34O3S2Si. The van der Waals surface area contributed by atoms with Crippen molar-refractivity contribution in [3.05, 3.63) is 83.9 Å². The van der Waals surface area contributed by atoms with Crippen molar-refractivity contribution < 1.29 is 13.9 Å². The molecule has 4 rings (SSSR count). The Bertz CT molecular complexity index is 1040. The van der Waals surface area contributed by atoms with Gasteiger partial charge in [0.05, 0.1) is 25.4 Å². The summed E-state index contributed by atoms with van der Waals surface area (Å²) in [6, 6.07) is 25.7. The lowest BCUT2D eigenvalue weighted by molar-refractivity contribution is 0.283. The van der Waals surface area contributed by atoms with Gasteiger partial charge in [0.15, 0.2) is 0 Å². The third-order valence-electron chi connectivity index (χ3n) is 6.38. The molecule has 1 saturated heterocycles. The van der Waals surface area contributed by atoms with Gasteiger partial charge in [0.1, 0.15) is 11.5 Å². The molecule has 3 nitrogen and oxygen atoms in total. The van der Waals surface area contributed by atoms with Crippen LogP contribution in [-0.4, -0.2) is 34.0 Å². The Hall–Kier alpha value is -1.86. The van der Waals surface area contributed by atoms with Crippen molar-refractivity contribution in [2.45, 2.75) is 37.0 Å². The van der Waals surface area contributed by atoms with E-state index in [0.29, 0.717) is 11.2 Å². The lowest BCUT2D eigenvalue weighted by Crippen LogP contribution is -2.66. The molecule has 1 aliphatic rings. The second-order valence-electron chi connectivity index (χ2n) is 9.43. The molecule has 0 saturated carbocycles. The van der Waals surface area contributed by atoms with Crippen molar-refractivity contribution in [2.75, 3.05) is 25.7 Å². The van der Waals surface area contributed by atoms with Gasteiger partial charge in [-0.1, -0.05) is 81.4 Å². The largest absolute Gasteiger partial charge is 0.497 e. The first-order valence-corrected chi connectivity index (χ1v) is 15.6. The zero-order valence-electron chi connectivity index (χ0n) is 20.7. The zero-order chi connectivity index (χ0) is 24.2. The molecule has 0 spiro atoms. The fourth-order valence-corrected chi connectivity index (χ4v) is 12.4. The maximum atomic E-state index is 7.26. The van der Waals surface area contributed by atoms with E-state index in [9.17, 15) is 0 Å². The van der Waals surface area contributed by atoms with Crippen molar-refractivity contribution >= 4 is 42.2 Å². The van der Waals surface area contributed by atoms with Crippen LogP contribution in [0.4, 0.5) is 0 Å². The molecule has 6 heteroatoms. The number of thioether (sulfide) groups is 2. The number of hydrogen-bond acceptors (Lipinski definition) is 5. The fourth-order valence-electron chi connectivity index (χ4n) is 4.80. The molecule has 1 aliphatic heterocycles. The molecule has 3 aromatic carbocycles. The first kappa shape index (κ1) is 25.2. The van der Waals surface area contributed by atoms with Gasteiger partial charge in [-0.15, -0.1) is 23.5 Å². The van der Waals surface area contributed by atoms with Gasteiger partial charge in [0.2, 0.25) is 0 Å². The molecule has 0 radical (unpaired) electrons. The molecule has 0 N–H and O–H groups in total. The first-order chi connectivity index (χ1) is 16.4. The van der Waals surface area contributed by atoms with E-state index < -0.39 is 8.32 Å². The molecule has 34 heavy (non-hydrogen) atoms. The van der Waals surface area contributed by atoms with E-state index in [-0.39, 0.29) is 5.04 Å². The van der Waals surface area contributed by atoms with Gasteiger partial charge in [-0.2, -0.15) is 0 Å². The van der Waals surface area contributed by atoms with E-state index in [2.05, 4.69) is 87.5 Å². The summed E-state index contributed by atoms with van der Waals surface area (Å²) in [5, 5.41) is 2.50. The quantitative estimate of drug-likeness (QED) is 0.334. The van der Waals surface area contributed by atoms with E-state index in [4.69, 9.17) is 13.9 Å². The second-order valence-corrected chi connectivity index (χ2v) is 16.5. The van der Waals surface area contributed by atoms with Crippen LogP contribution >= 0.6 is 23.5 Å². The molecule has 0 aromatic heterocycles. The number of ether oxygens (including phenoxy) is 2. The summed E-state index contributed by atoms with van der Waals surface area (Å²) in [6.45, 7) is 7.45. The summed E-state index contributed by atoms with van der Waals surface area (Å²) >= 11 is 3.96. The van der Waals surface area contributed by atoms with Crippen molar-refractivity contribution in [1.29, 1.82) is 0 Å². The average Bonchev–Trinajstić information content (AvgIpc) is 3.39. The minimum atomic E-state index is -2.64. The molecular weight excluding hydrogens is 477 g/mol. The predicted octanol–water partition coefficient (Wildman–Crippen LogP) is 6.26. The molecule has 0 bridgehead atoms.